The summed E-state index contributed by atoms with van der Waals surface area (Å²) >= 11 is 0. The van der Waals surface area contributed by atoms with E-state index >= 15 is 0 Å². The summed E-state index contributed by atoms with van der Waals surface area (Å²) in [5, 5.41) is 9.43. The zero-order valence-electron chi connectivity index (χ0n) is 13.7. The molecule has 136 valence electrons. The van der Waals surface area contributed by atoms with Gasteiger partial charge in [0.2, 0.25) is 0 Å². The minimum Gasteiger partial charge on any atom is -0.478 e. The molecule has 0 bridgehead atoms. The van der Waals surface area contributed by atoms with Crippen LogP contribution in [0.25, 0.3) is 21.8 Å². The molecule has 1 aromatic carbocycles. The van der Waals surface area contributed by atoms with Gasteiger partial charge in [-0.1, -0.05) is 0 Å². The lowest BCUT2D eigenvalue weighted by molar-refractivity contribution is 0.0699. The van der Waals surface area contributed by atoms with E-state index in [9.17, 15) is 23.1 Å². The molecule has 9 heteroatoms. The van der Waals surface area contributed by atoms with Gasteiger partial charge in [0.05, 0.1) is 15.7 Å². The summed E-state index contributed by atoms with van der Waals surface area (Å²) in [7, 11) is -3.59. The molecule has 8 nitrogen and oxygen atoms in total. The summed E-state index contributed by atoms with van der Waals surface area (Å²) < 4.78 is 25.9. The van der Waals surface area contributed by atoms with Gasteiger partial charge in [0.25, 0.3) is 5.56 Å². The van der Waals surface area contributed by atoms with Crippen molar-refractivity contribution in [3.05, 3.63) is 40.3 Å². The molecule has 1 unspecified atom stereocenters. The van der Waals surface area contributed by atoms with Crippen LogP contribution in [0, 0.1) is 0 Å². The van der Waals surface area contributed by atoms with E-state index in [-0.39, 0.29) is 27.4 Å². The normalized spacial score (nSPS) is 20.8. The van der Waals surface area contributed by atoms with Gasteiger partial charge in [0.15, 0.2) is 9.84 Å². The van der Waals surface area contributed by atoms with Crippen LogP contribution in [0.4, 0.5) is 0 Å². The summed E-state index contributed by atoms with van der Waals surface area (Å²) in [6, 6.07) is 4.25. The molecular weight excluding hydrogens is 358 g/mol. The zero-order chi connectivity index (χ0) is 18.6. The fourth-order valence-corrected chi connectivity index (χ4v) is 5.57. The molecule has 1 fully saturated rings. The lowest BCUT2D eigenvalue weighted by Gasteiger charge is -2.12. The summed E-state index contributed by atoms with van der Waals surface area (Å²) in [5.41, 5.74) is 5.80. The minimum absolute atomic E-state index is 0.0754. The second-order valence-electron chi connectivity index (χ2n) is 6.66. The van der Waals surface area contributed by atoms with Crippen molar-refractivity contribution in [1.29, 1.82) is 0 Å². The molecule has 2 heterocycles. The number of hydrogen-bond acceptors (Lipinski definition) is 5. The van der Waals surface area contributed by atoms with Gasteiger partial charge in [-0.3, -0.25) is 4.79 Å². The maximum absolute atomic E-state index is 12.9. The highest BCUT2D eigenvalue weighted by Gasteiger charge is 2.34. The summed E-state index contributed by atoms with van der Waals surface area (Å²) in [6.45, 7) is 0. The highest BCUT2D eigenvalue weighted by atomic mass is 32.2. The molecule has 1 saturated carbocycles. The van der Waals surface area contributed by atoms with Crippen LogP contribution in [0.15, 0.2) is 34.1 Å². The molecule has 1 aliphatic carbocycles. The van der Waals surface area contributed by atoms with E-state index in [4.69, 9.17) is 5.73 Å². The third-order valence-electron chi connectivity index (χ3n) is 5.04. The van der Waals surface area contributed by atoms with Crippen LogP contribution in [0.1, 0.15) is 29.6 Å². The lowest BCUT2D eigenvalue weighted by Crippen LogP contribution is -2.22. The Kier molecular flexibility index (Phi) is 3.67. The largest absolute Gasteiger partial charge is 0.478 e. The summed E-state index contributed by atoms with van der Waals surface area (Å²) in [6.07, 6.45) is 2.81. The molecule has 2 atom stereocenters. The molecule has 3 aromatic rings. The van der Waals surface area contributed by atoms with Gasteiger partial charge in [0.1, 0.15) is 5.52 Å². The third kappa shape index (κ3) is 2.43. The Hall–Kier alpha value is -2.65. The van der Waals surface area contributed by atoms with Crippen LogP contribution in [-0.2, 0) is 9.84 Å². The molecule has 0 spiro atoms. The topological polar surface area (TPSA) is 146 Å². The smallest absolute Gasteiger partial charge is 0.337 e. The van der Waals surface area contributed by atoms with Gasteiger partial charge in [0, 0.05) is 28.5 Å². The summed E-state index contributed by atoms with van der Waals surface area (Å²) in [4.78, 5) is 29.0. The Balaban J connectivity index is 1.99. The monoisotopic (exact) mass is 375 g/mol. The fraction of sp³-hybridized carbons (Fsp3) is 0.294. The molecule has 26 heavy (non-hydrogen) atoms. The van der Waals surface area contributed by atoms with Crippen molar-refractivity contribution in [1.82, 2.24) is 9.97 Å². The van der Waals surface area contributed by atoms with Crippen LogP contribution in [0.2, 0.25) is 0 Å². The number of aromatic nitrogens is 2. The third-order valence-corrected chi connectivity index (χ3v) is 7.26. The second-order valence-corrected chi connectivity index (χ2v) is 8.89. The first-order chi connectivity index (χ1) is 12.3. The predicted molar refractivity (Wildman–Crippen MR) is 96.2 cm³/mol. The molecule has 2 aromatic heterocycles. The van der Waals surface area contributed by atoms with Gasteiger partial charge in [-0.15, -0.1) is 0 Å². The van der Waals surface area contributed by atoms with E-state index in [1.54, 1.807) is 0 Å². The number of pyridine rings is 1. The number of nitrogens with two attached hydrogens (primary N) is 1. The van der Waals surface area contributed by atoms with E-state index in [2.05, 4.69) is 9.97 Å². The molecule has 0 saturated heterocycles. The summed E-state index contributed by atoms with van der Waals surface area (Å²) in [5.74, 6) is -1.20. The number of aromatic amines is 2. The van der Waals surface area contributed by atoms with Gasteiger partial charge in [-0.25, -0.2) is 13.2 Å². The van der Waals surface area contributed by atoms with Crippen LogP contribution >= 0.6 is 0 Å². The molecular formula is C17H17N3O5S. The van der Waals surface area contributed by atoms with Crippen molar-refractivity contribution in [3.63, 3.8) is 0 Å². The first kappa shape index (κ1) is 16.8. The predicted octanol–water partition coefficient (Wildman–Crippen LogP) is 1.36. The van der Waals surface area contributed by atoms with Gasteiger partial charge < -0.3 is 20.8 Å². The standard InChI is InChI=1S/C17H17N3O5S/c18-8-1-2-9(5-8)26(24,25)10-3-4-13-11(6-10)14-12(17(22)23)7-19-15(14)16(21)20-13/h3-4,6-9,19H,1-2,5,18H2,(H,20,21)(H,22,23)/t8?,9-/m0/s1. The van der Waals surface area contributed by atoms with E-state index in [1.807, 2.05) is 0 Å². The van der Waals surface area contributed by atoms with Crippen molar-refractivity contribution in [3.8, 4) is 0 Å². The number of carboxylic acid groups (broad SMARTS) is 1. The van der Waals surface area contributed by atoms with Gasteiger partial charge in [-0.2, -0.15) is 0 Å². The van der Waals surface area contributed by atoms with Crippen LogP contribution < -0.4 is 11.3 Å². The highest BCUT2D eigenvalue weighted by Crippen LogP contribution is 2.32. The van der Waals surface area contributed by atoms with Crippen molar-refractivity contribution in [2.24, 2.45) is 5.73 Å². The molecule has 0 aliphatic heterocycles. The van der Waals surface area contributed by atoms with Gasteiger partial charge >= 0.3 is 5.97 Å². The zero-order valence-corrected chi connectivity index (χ0v) is 14.5. The number of benzene rings is 1. The van der Waals surface area contributed by atoms with E-state index in [0.717, 1.165) is 0 Å². The first-order valence-electron chi connectivity index (χ1n) is 8.19. The number of carbonyl (C=O) groups is 1. The van der Waals surface area contributed by atoms with Gasteiger partial charge in [-0.05, 0) is 37.5 Å². The number of sulfone groups is 1. The van der Waals surface area contributed by atoms with Crippen molar-refractivity contribution < 1.29 is 18.3 Å². The van der Waals surface area contributed by atoms with Crippen molar-refractivity contribution in [2.75, 3.05) is 0 Å². The molecule has 0 radical (unpaired) electrons. The Bertz CT molecular complexity index is 1210. The fourth-order valence-electron chi connectivity index (χ4n) is 3.70. The SMILES string of the molecule is NC1CC[C@H](S(=O)(=O)c2ccc3[nH]c(=O)c4[nH]cc(C(=O)O)c4c3c2)C1. The number of fused-ring (bicyclic) bond motifs is 3. The van der Waals surface area contributed by atoms with E-state index < -0.39 is 26.6 Å². The maximum atomic E-state index is 12.9. The number of rotatable bonds is 3. The van der Waals surface area contributed by atoms with Crippen LogP contribution in [0.5, 0.6) is 0 Å². The number of nitrogens with one attached hydrogen (secondary N) is 2. The Labute approximate surface area is 147 Å². The Morgan fingerprint density at radius 3 is 2.69 bits per heavy atom. The Morgan fingerprint density at radius 2 is 2.04 bits per heavy atom. The second kappa shape index (κ2) is 5.68. The van der Waals surface area contributed by atoms with Crippen LogP contribution in [0.3, 0.4) is 0 Å². The highest BCUT2D eigenvalue weighted by molar-refractivity contribution is 7.92. The van der Waals surface area contributed by atoms with E-state index in [0.29, 0.717) is 30.2 Å². The van der Waals surface area contributed by atoms with E-state index in [1.165, 1.54) is 24.4 Å². The number of H-pyrrole nitrogens is 2. The van der Waals surface area contributed by atoms with Crippen molar-refractivity contribution >= 4 is 37.6 Å². The van der Waals surface area contributed by atoms with Crippen molar-refractivity contribution in [2.45, 2.75) is 35.4 Å². The average molecular weight is 375 g/mol. The quantitative estimate of drug-likeness (QED) is 0.544. The molecule has 5 N–H and O–H groups in total. The number of hydrogen-bond donors (Lipinski definition) is 4. The molecule has 4 rings (SSSR count). The number of aromatic carboxylic acids is 1. The average Bonchev–Trinajstić information content (AvgIpc) is 3.21. The number of carboxylic acids is 1. The maximum Gasteiger partial charge on any atom is 0.337 e. The first-order valence-corrected chi connectivity index (χ1v) is 9.73. The molecule has 1 aliphatic rings. The molecule has 0 amide bonds. The lowest BCUT2D eigenvalue weighted by atomic mass is 10.1. The minimum atomic E-state index is -3.59. The Morgan fingerprint density at radius 1 is 1.27 bits per heavy atom. The van der Waals surface area contributed by atoms with Crippen LogP contribution in [-0.4, -0.2) is 40.8 Å².